The van der Waals surface area contributed by atoms with E-state index < -0.39 is 15.3 Å². The van der Waals surface area contributed by atoms with E-state index in [9.17, 15) is 12.8 Å². The third-order valence-electron chi connectivity index (χ3n) is 5.09. The van der Waals surface area contributed by atoms with E-state index in [0.717, 1.165) is 11.8 Å². The number of nitrogens with zero attached hydrogens (tertiary/aromatic N) is 2. The molecule has 0 N–H and O–H groups in total. The van der Waals surface area contributed by atoms with E-state index in [1.807, 2.05) is 6.07 Å². The number of rotatable bonds is 4. The highest BCUT2D eigenvalue weighted by atomic mass is 32.2. The van der Waals surface area contributed by atoms with Gasteiger partial charge >= 0.3 is 0 Å². The summed E-state index contributed by atoms with van der Waals surface area (Å²) >= 11 is 0. The van der Waals surface area contributed by atoms with Gasteiger partial charge in [0.05, 0.1) is 10.3 Å². The fourth-order valence-corrected chi connectivity index (χ4v) is 4.14. The summed E-state index contributed by atoms with van der Waals surface area (Å²) in [5, 5.41) is 8.40. The Balaban J connectivity index is 1.73. The average molecular weight is 402 g/mol. The minimum Gasteiger partial charge on any atom is -0.420 e. The third kappa shape index (κ3) is 3.45. The molecule has 4 rings (SSSR count). The molecule has 2 heterocycles. The van der Waals surface area contributed by atoms with Crippen LogP contribution in [0.1, 0.15) is 24.3 Å². The zero-order chi connectivity index (χ0) is 19.8. The molecule has 0 saturated carbocycles. The number of hydrogen-bond donors (Lipinski definition) is 0. The van der Waals surface area contributed by atoms with Gasteiger partial charge in [0.1, 0.15) is 5.82 Å². The van der Waals surface area contributed by atoms with Crippen LogP contribution in [-0.4, -0.2) is 38.1 Å². The number of hydrogen-bond acceptors (Lipinski definition) is 6. The lowest BCUT2D eigenvalue weighted by molar-refractivity contribution is 0.0545. The fraction of sp³-hybridized carbons (Fsp3) is 0.300. The molecule has 1 saturated heterocycles. The Bertz CT molecular complexity index is 1090. The summed E-state index contributed by atoms with van der Waals surface area (Å²) in [7, 11) is -3.28. The molecule has 0 spiro atoms. The second kappa shape index (κ2) is 7.10. The predicted octanol–water partition coefficient (Wildman–Crippen LogP) is 3.38. The summed E-state index contributed by atoms with van der Waals surface area (Å²) in [5.74, 6) is 0.375. The first-order valence-electron chi connectivity index (χ1n) is 8.87. The van der Waals surface area contributed by atoms with Crippen molar-refractivity contribution in [2.45, 2.75) is 23.2 Å². The predicted molar refractivity (Wildman–Crippen MR) is 100 cm³/mol. The molecule has 1 aliphatic rings. The number of halogens is 1. The normalized spacial score (nSPS) is 16.8. The molecule has 1 fully saturated rings. The molecule has 28 heavy (non-hydrogen) atoms. The lowest BCUT2D eigenvalue weighted by Gasteiger charge is -2.34. The first-order chi connectivity index (χ1) is 13.4. The Kier molecular flexibility index (Phi) is 4.76. The maximum absolute atomic E-state index is 13.9. The maximum atomic E-state index is 13.9. The zero-order valence-corrected chi connectivity index (χ0v) is 16.1. The lowest BCUT2D eigenvalue weighted by atomic mass is 9.74. The number of aromatic nitrogens is 2. The van der Waals surface area contributed by atoms with Gasteiger partial charge in [0.15, 0.2) is 9.84 Å². The van der Waals surface area contributed by atoms with Crippen molar-refractivity contribution in [3.8, 4) is 11.5 Å². The number of sulfone groups is 1. The Labute approximate surface area is 162 Å². The van der Waals surface area contributed by atoms with Crippen LogP contribution in [0.25, 0.3) is 11.5 Å². The molecule has 1 aliphatic heterocycles. The number of benzene rings is 2. The lowest BCUT2D eigenvalue weighted by Crippen LogP contribution is -2.35. The van der Waals surface area contributed by atoms with Crippen LogP contribution in [-0.2, 0) is 20.0 Å². The van der Waals surface area contributed by atoms with Gasteiger partial charge in [0.2, 0.25) is 11.8 Å². The van der Waals surface area contributed by atoms with Gasteiger partial charge in [0, 0.05) is 25.0 Å². The highest BCUT2D eigenvalue weighted by Gasteiger charge is 2.41. The van der Waals surface area contributed by atoms with Crippen LogP contribution in [0.5, 0.6) is 0 Å². The SMILES string of the molecule is CS(=O)(=O)c1ccc(-c2nnc(C3(c4cccc(F)c4)CCOCC3)o2)cc1. The van der Waals surface area contributed by atoms with E-state index in [-0.39, 0.29) is 16.6 Å². The van der Waals surface area contributed by atoms with E-state index >= 15 is 0 Å². The molecule has 0 radical (unpaired) electrons. The van der Waals surface area contributed by atoms with Gasteiger partial charge in [-0.15, -0.1) is 10.2 Å². The smallest absolute Gasteiger partial charge is 0.247 e. The minimum atomic E-state index is -3.28. The minimum absolute atomic E-state index is 0.219. The Morgan fingerprint density at radius 1 is 1.04 bits per heavy atom. The van der Waals surface area contributed by atoms with Gasteiger partial charge in [-0.3, -0.25) is 0 Å². The second-order valence-corrected chi connectivity index (χ2v) is 8.93. The molecule has 0 atom stereocenters. The highest BCUT2D eigenvalue weighted by molar-refractivity contribution is 7.90. The van der Waals surface area contributed by atoms with Crippen molar-refractivity contribution in [2.75, 3.05) is 19.5 Å². The molecule has 0 aliphatic carbocycles. The summed E-state index contributed by atoms with van der Waals surface area (Å²) in [5.41, 5.74) is 0.782. The van der Waals surface area contributed by atoms with E-state index in [1.165, 1.54) is 24.3 Å². The Morgan fingerprint density at radius 2 is 1.75 bits per heavy atom. The largest absolute Gasteiger partial charge is 0.420 e. The summed E-state index contributed by atoms with van der Waals surface area (Å²) in [4.78, 5) is 0.219. The maximum Gasteiger partial charge on any atom is 0.247 e. The van der Waals surface area contributed by atoms with Gasteiger partial charge in [0.25, 0.3) is 0 Å². The molecule has 0 unspecified atom stereocenters. The topological polar surface area (TPSA) is 82.3 Å². The molecule has 146 valence electrons. The summed E-state index contributed by atoms with van der Waals surface area (Å²) in [6.07, 6.45) is 2.36. The third-order valence-corrected chi connectivity index (χ3v) is 6.22. The van der Waals surface area contributed by atoms with E-state index in [2.05, 4.69) is 10.2 Å². The molecule has 0 amide bonds. The monoisotopic (exact) mass is 402 g/mol. The van der Waals surface area contributed by atoms with Crippen LogP contribution in [0.2, 0.25) is 0 Å². The number of ether oxygens (including phenoxy) is 1. The van der Waals surface area contributed by atoms with Crippen molar-refractivity contribution in [1.82, 2.24) is 10.2 Å². The van der Waals surface area contributed by atoms with Gasteiger partial charge in [-0.1, -0.05) is 12.1 Å². The summed E-state index contributed by atoms with van der Waals surface area (Å²) in [6.45, 7) is 1.02. The van der Waals surface area contributed by atoms with Gasteiger partial charge in [-0.2, -0.15) is 0 Å². The fourth-order valence-electron chi connectivity index (χ4n) is 3.51. The standard InChI is InChI=1S/C20H19FN2O4S/c1-28(24,25)17-7-5-14(6-8-17)18-22-23-19(27-18)20(9-11-26-12-10-20)15-3-2-4-16(21)13-15/h2-8,13H,9-12H2,1H3. The molecular weight excluding hydrogens is 383 g/mol. The van der Waals surface area contributed by atoms with E-state index in [0.29, 0.717) is 37.5 Å². The molecule has 1 aromatic heterocycles. The molecule has 2 aromatic carbocycles. The second-order valence-electron chi connectivity index (χ2n) is 6.91. The van der Waals surface area contributed by atoms with Crippen LogP contribution in [0.3, 0.4) is 0 Å². The van der Waals surface area contributed by atoms with Crippen LogP contribution >= 0.6 is 0 Å². The van der Waals surface area contributed by atoms with Gasteiger partial charge < -0.3 is 9.15 Å². The van der Waals surface area contributed by atoms with Crippen molar-refractivity contribution in [3.63, 3.8) is 0 Å². The van der Waals surface area contributed by atoms with Crippen molar-refractivity contribution in [2.24, 2.45) is 0 Å². The first kappa shape index (κ1) is 18.8. The van der Waals surface area contributed by atoms with Crippen molar-refractivity contribution < 1.29 is 22.0 Å². The molecule has 6 nitrogen and oxygen atoms in total. The first-order valence-corrected chi connectivity index (χ1v) is 10.8. The average Bonchev–Trinajstić information content (AvgIpc) is 3.19. The molecular formula is C20H19FN2O4S. The van der Waals surface area contributed by atoms with Crippen LogP contribution in [0.15, 0.2) is 57.8 Å². The van der Waals surface area contributed by atoms with E-state index in [1.54, 1.807) is 18.2 Å². The van der Waals surface area contributed by atoms with Crippen molar-refractivity contribution in [1.29, 1.82) is 0 Å². The van der Waals surface area contributed by atoms with Crippen LogP contribution < -0.4 is 0 Å². The summed E-state index contributed by atoms with van der Waals surface area (Å²) in [6, 6.07) is 12.7. The highest BCUT2D eigenvalue weighted by Crippen LogP contribution is 2.41. The summed E-state index contributed by atoms with van der Waals surface area (Å²) < 4.78 is 48.6. The Morgan fingerprint density at radius 3 is 2.39 bits per heavy atom. The quantitative estimate of drug-likeness (QED) is 0.665. The molecule has 3 aromatic rings. The van der Waals surface area contributed by atoms with Crippen molar-refractivity contribution in [3.05, 3.63) is 65.8 Å². The van der Waals surface area contributed by atoms with Crippen molar-refractivity contribution >= 4 is 9.84 Å². The Hall–Kier alpha value is -2.58. The van der Waals surface area contributed by atoms with Crippen LogP contribution in [0, 0.1) is 5.82 Å². The zero-order valence-electron chi connectivity index (χ0n) is 15.3. The van der Waals surface area contributed by atoms with Gasteiger partial charge in [-0.25, -0.2) is 12.8 Å². The van der Waals surface area contributed by atoms with E-state index in [4.69, 9.17) is 9.15 Å². The molecule has 0 bridgehead atoms. The van der Waals surface area contributed by atoms with Crippen LogP contribution in [0.4, 0.5) is 4.39 Å². The molecule has 8 heteroatoms. The van der Waals surface area contributed by atoms with Gasteiger partial charge in [-0.05, 0) is 54.8 Å².